The maximum absolute atomic E-state index is 3.35. The van der Waals surface area contributed by atoms with Gasteiger partial charge < -0.3 is 4.98 Å². The Morgan fingerprint density at radius 1 is 1.04 bits per heavy atom. The Balaban J connectivity index is 1.49. The fraction of sp³-hybridized carbons (Fsp3) is 0.391. The van der Waals surface area contributed by atoms with Gasteiger partial charge in [0.05, 0.1) is 0 Å². The van der Waals surface area contributed by atoms with E-state index in [2.05, 4.69) is 71.5 Å². The summed E-state index contributed by atoms with van der Waals surface area (Å²) >= 11 is 0. The molecule has 0 spiro atoms. The Morgan fingerprint density at radius 3 is 2.76 bits per heavy atom. The molecule has 2 nitrogen and oxygen atoms in total. The molecule has 3 aromatic rings. The van der Waals surface area contributed by atoms with Gasteiger partial charge in [-0.25, -0.2) is 0 Å². The maximum atomic E-state index is 3.35. The first-order valence-corrected chi connectivity index (χ1v) is 9.71. The van der Waals surface area contributed by atoms with E-state index in [-0.39, 0.29) is 0 Å². The molecule has 1 aliphatic rings. The zero-order valence-electron chi connectivity index (χ0n) is 15.2. The molecule has 1 N–H and O–H groups in total. The van der Waals surface area contributed by atoms with Crippen LogP contribution in [0.2, 0.25) is 0 Å². The number of hydrogen-bond acceptors (Lipinski definition) is 1. The van der Waals surface area contributed by atoms with Crippen LogP contribution in [0.5, 0.6) is 0 Å². The van der Waals surface area contributed by atoms with Gasteiger partial charge in [0.1, 0.15) is 0 Å². The molecule has 25 heavy (non-hydrogen) atoms. The van der Waals surface area contributed by atoms with Gasteiger partial charge in [0, 0.05) is 29.7 Å². The van der Waals surface area contributed by atoms with Crippen molar-refractivity contribution in [2.24, 2.45) is 0 Å². The average Bonchev–Trinajstić information content (AvgIpc) is 3.15. The van der Waals surface area contributed by atoms with E-state index in [4.69, 9.17) is 0 Å². The Labute approximate surface area is 150 Å². The van der Waals surface area contributed by atoms with Gasteiger partial charge in [0.2, 0.25) is 0 Å². The second-order valence-corrected chi connectivity index (χ2v) is 7.31. The number of rotatable bonds is 6. The SMILES string of the molecule is CCCN(CCc1ccccc1)C1CCc2c(ccc3[nH]ccc23)C1. The van der Waals surface area contributed by atoms with Crippen molar-refractivity contribution in [1.29, 1.82) is 0 Å². The molecule has 1 aliphatic carbocycles. The van der Waals surface area contributed by atoms with Crippen LogP contribution >= 0.6 is 0 Å². The molecular formula is C23H28N2. The van der Waals surface area contributed by atoms with Gasteiger partial charge in [-0.3, -0.25) is 4.90 Å². The number of fused-ring (bicyclic) bond motifs is 3. The summed E-state index contributed by atoms with van der Waals surface area (Å²) < 4.78 is 0. The topological polar surface area (TPSA) is 19.0 Å². The lowest BCUT2D eigenvalue weighted by atomic mass is 9.85. The molecule has 2 aromatic carbocycles. The van der Waals surface area contributed by atoms with E-state index in [1.54, 1.807) is 11.1 Å². The van der Waals surface area contributed by atoms with Crippen LogP contribution in [-0.2, 0) is 19.3 Å². The lowest BCUT2D eigenvalue weighted by molar-refractivity contribution is 0.182. The fourth-order valence-electron chi connectivity index (χ4n) is 4.39. The van der Waals surface area contributed by atoms with Crippen LogP contribution < -0.4 is 0 Å². The first-order chi connectivity index (χ1) is 12.3. The Bertz CT molecular complexity index is 818. The number of nitrogens with one attached hydrogen (secondary N) is 1. The highest BCUT2D eigenvalue weighted by molar-refractivity contribution is 5.84. The summed E-state index contributed by atoms with van der Waals surface area (Å²) in [5, 5.41) is 1.43. The second kappa shape index (κ2) is 7.45. The van der Waals surface area contributed by atoms with Gasteiger partial charge in [0.25, 0.3) is 0 Å². The Hall–Kier alpha value is -2.06. The molecule has 1 unspecified atom stereocenters. The predicted molar refractivity (Wildman–Crippen MR) is 106 cm³/mol. The monoisotopic (exact) mass is 332 g/mol. The van der Waals surface area contributed by atoms with Gasteiger partial charge in [-0.1, -0.05) is 43.3 Å². The zero-order valence-corrected chi connectivity index (χ0v) is 15.2. The summed E-state index contributed by atoms with van der Waals surface area (Å²) in [4.78, 5) is 6.09. The van der Waals surface area contributed by atoms with Gasteiger partial charge in [-0.2, -0.15) is 0 Å². The average molecular weight is 332 g/mol. The van der Waals surface area contributed by atoms with Gasteiger partial charge in [0.15, 0.2) is 0 Å². The van der Waals surface area contributed by atoms with Crippen LogP contribution in [0, 0.1) is 0 Å². The molecular weight excluding hydrogens is 304 g/mol. The van der Waals surface area contributed by atoms with E-state index in [1.807, 2.05) is 0 Å². The Morgan fingerprint density at radius 2 is 1.92 bits per heavy atom. The van der Waals surface area contributed by atoms with Gasteiger partial charge in [-0.15, -0.1) is 0 Å². The molecule has 0 fully saturated rings. The van der Waals surface area contributed by atoms with Crippen molar-refractivity contribution in [3.63, 3.8) is 0 Å². The minimum Gasteiger partial charge on any atom is -0.361 e. The van der Waals surface area contributed by atoms with E-state index in [1.165, 1.54) is 55.2 Å². The van der Waals surface area contributed by atoms with Crippen molar-refractivity contribution < 1.29 is 0 Å². The second-order valence-electron chi connectivity index (χ2n) is 7.31. The van der Waals surface area contributed by atoms with E-state index < -0.39 is 0 Å². The molecule has 130 valence electrons. The fourth-order valence-corrected chi connectivity index (χ4v) is 4.39. The van der Waals surface area contributed by atoms with Crippen LogP contribution in [0.25, 0.3) is 10.9 Å². The molecule has 0 bridgehead atoms. The zero-order chi connectivity index (χ0) is 17.1. The summed E-state index contributed by atoms with van der Waals surface area (Å²) in [5.41, 5.74) is 5.87. The van der Waals surface area contributed by atoms with Crippen molar-refractivity contribution in [2.45, 2.75) is 45.1 Å². The molecule has 1 heterocycles. The molecule has 0 radical (unpaired) electrons. The van der Waals surface area contributed by atoms with Crippen molar-refractivity contribution in [2.75, 3.05) is 13.1 Å². The van der Waals surface area contributed by atoms with Crippen LogP contribution in [0.1, 0.15) is 36.5 Å². The first-order valence-electron chi connectivity index (χ1n) is 9.71. The van der Waals surface area contributed by atoms with E-state index in [0.29, 0.717) is 6.04 Å². The van der Waals surface area contributed by atoms with Crippen molar-refractivity contribution in [1.82, 2.24) is 9.88 Å². The van der Waals surface area contributed by atoms with Crippen molar-refractivity contribution in [3.05, 3.63) is 71.4 Å². The summed E-state index contributed by atoms with van der Waals surface area (Å²) in [5.74, 6) is 0. The van der Waals surface area contributed by atoms with E-state index in [0.717, 1.165) is 6.42 Å². The predicted octanol–water partition coefficient (Wildman–Crippen LogP) is 4.98. The van der Waals surface area contributed by atoms with Crippen molar-refractivity contribution >= 4 is 10.9 Å². The molecule has 0 amide bonds. The highest BCUT2D eigenvalue weighted by atomic mass is 15.1. The summed E-state index contributed by atoms with van der Waals surface area (Å²) in [6, 6.07) is 18.4. The Kier molecular flexibility index (Phi) is 4.89. The van der Waals surface area contributed by atoms with E-state index >= 15 is 0 Å². The maximum Gasteiger partial charge on any atom is 0.0456 e. The third-order valence-electron chi connectivity index (χ3n) is 5.68. The number of aromatic nitrogens is 1. The number of benzene rings is 2. The lowest BCUT2D eigenvalue weighted by Gasteiger charge is -2.35. The van der Waals surface area contributed by atoms with Crippen LogP contribution in [0.4, 0.5) is 0 Å². The summed E-state index contributed by atoms with van der Waals surface area (Å²) in [6.45, 7) is 4.68. The third kappa shape index (κ3) is 3.50. The summed E-state index contributed by atoms with van der Waals surface area (Å²) in [6.07, 6.45) is 8.15. The van der Waals surface area contributed by atoms with Gasteiger partial charge >= 0.3 is 0 Å². The minimum absolute atomic E-state index is 0.688. The lowest BCUT2D eigenvalue weighted by Crippen LogP contribution is -2.41. The van der Waals surface area contributed by atoms with Crippen molar-refractivity contribution in [3.8, 4) is 0 Å². The standard InChI is InChI=1S/C23H28N2/c1-2-15-25(16-13-18-6-4-3-5-7-18)20-9-10-21-19(17-20)8-11-23-22(21)12-14-24-23/h3-8,11-12,14,20,24H,2,9-10,13,15-17H2,1H3. The number of H-pyrrole nitrogens is 1. The number of aryl methyl sites for hydroxylation is 1. The molecule has 0 saturated heterocycles. The molecule has 1 atom stereocenters. The smallest absolute Gasteiger partial charge is 0.0456 e. The third-order valence-corrected chi connectivity index (χ3v) is 5.68. The minimum atomic E-state index is 0.688. The summed E-state index contributed by atoms with van der Waals surface area (Å²) in [7, 11) is 0. The number of aromatic amines is 1. The highest BCUT2D eigenvalue weighted by Crippen LogP contribution is 2.30. The highest BCUT2D eigenvalue weighted by Gasteiger charge is 2.25. The molecule has 2 heteroatoms. The first kappa shape index (κ1) is 16.4. The van der Waals surface area contributed by atoms with E-state index in [9.17, 15) is 0 Å². The van der Waals surface area contributed by atoms with Crippen LogP contribution in [0.15, 0.2) is 54.7 Å². The normalized spacial score (nSPS) is 17.1. The quantitative estimate of drug-likeness (QED) is 0.674. The van der Waals surface area contributed by atoms with Crippen LogP contribution in [0.3, 0.4) is 0 Å². The molecule has 0 aliphatic heterocycles. The van der Waals surface area contributed by atoms with Crippen LogP contribution in [-0.4, -0.2) is 29.0 Å². The van der Waals surface area contributed by atoms with Gasteiger partial charge in [-0.05, 0) is 67.5 Å². The number of nitrogens with zero attached hydrogens (tertiary/aromatic N) is 1. The molecule has 4 rings (SSSR count). The molecule has 0 saturated carbocycles. The largest absolute Gasteiger partial charge is 0.361 e. The molecule has 1 aromatic heterocycles. The number of hydrogen-bond donors (Lipinski definition) is 1.